The largest absolute Gasteiger partial charge is 0.488 e. The monoisotopic (exact) mass is 292 g/mol. The first-order chi connectivity index (χ1) is 9.75. The summed E-state index contributed by atoms with van der Waals surface area (Å²) < 4.78 is 18.7. The minimum absolute atomic E-state index is 0.134. The molecule has 114 valence electrons. The molecule has 0 radical (unpaired) electrons. The van der Waals surface area contributed by atoms with E-state index < -0.39 is 17.2 Å². The first-order valence-electron chi connectivity index (χ1n) is 6.83. The van der Waals surface area contributed by atoms with Gasteiger partial charge in [-0.3, -0.25) is 4.79 Å². The third-order valence-corrected chi connectivity index (χ3v) is 2.97. The van der Waals surface area contributed by atoms with Crippen LogP contribution in [-0.4, -0.2) is 18.6 Å². The summed E-state index contributed by atoms with van der Waals surface area (Å²) in [4.78, 5) is 12.0. The summed E-state index contributed by atoms with van der Waals surface area (Å²) in [5.74, 6) is -1.38. The molecule has 1 aromatic rings. The summed E-state index contributed by atoms with van der Waals surface area (Å²) in [7, 11) is 0. The van der Waals surface area contributed by atoms with Crippen molar-refractivity contribution >= 4 is 5.91 Å². The molecule has 0 fully saturated rings. The lowest BCUT2D eigenvalue weighted by molar-refractivity contribution is -0.126. The molecular weight excluding hydrogens is 271 g/mol. The van der Waals surface area contributed by atoms with Gasteiger partial charge >= 0.3 is 0 Å². The number of para-hydroxylation sites is 1. The van der Waals surface area contributed by atoms with E-state index in [1.807, 2.05) is 26.8 Å². The smallest absolute Gasteiger partial charge is 0.238 e. The Bertz CT molecular complexity index is 532. The highest BCUT2D eigenvalue weighted by Crippen LogP contribution is 2.25. The molecule has 1 rings (SSSR count). The number of carbonyl (C=O) groups excluding carboxylic acids is 1. The summed E-state index contributed by atoms with van der Waals surface area (Å²) in [6, 6.07) is 7.78. The Morgan fingerprint density at radius 1 is 1.43 bits per heavy atom. The Hall–Kier alpha value is -2.09. The molecule has 0 saturated heterocycles. The van der Waals surface area contributed by atoms with Crippen LogP contribution < -0.4 is 10.1 Å². The number of hydrogen-bond donors (Lipinski definition) is 1. The molecule has 4 nitrogen and oxygen atoms in total. The predicted octanol–water partition coefficient (Wildman–Crippen LogP) is 2.90. The van der Waals surface area contributed by atoms with Crippen molar-refractivity contribution in [2.24, 2.45) is 11.3 Å². The molecule has 0 spiro atoms. The third kappa shape index (κ3) is 5.07. The van der Waals surface area contributed by atoms with E-state index in [0.717, 1.165) is 0 Å². The Morgan fingerprint density at radius 3 is 2.57 bits per heavy atom. The van der Waals surface area contributed by atoms with Crippen LogP contribution in [-0.2, 0) is 4.79 Å². The lowest BCUT2D eigenvalue weighted by atomic mass is 9.81. The molecule has 0 saturated carbocycles. The number of nitrogens with one attached hydrogen (secondary N) is 1. The van der Waals surface area contributed by atoms with E-state index in [1.54, 1.807) is 19.1 Å². The first-order valence-corrected chi connectivity index (χ1v) is 6.83. The number of benzene rings is 1. The number of ether oxygens (including phenoxy) is 1. The minimum atomic E-state index is -0.742. The van der Waals surface area contributed by atoms with E-state index in [-0.39, 0.29) is 24.3 Å². The summed E-state index contributed by atoms with van der Waals surface area (Å²) >= 11 is 0. The number of hydrogen-bond acceptors (Lipinski definition) is 3. The maximum Gasteiger partial charge on any atom is 0.238 e. The zero-order chi connectivity index (χ0) is 16.0. The predicted molar refractivity (Wildman–Crippen MR) is 78.1 cm³/mol. The molecular formula is C16H21FN2O2. The van der Waals surface area contributed by atoms with Crippen LogP contribution in [0.1, 0.15) is 27.7 Å². The van der Waals surface area contributed by atoms with Crippen molar-refractivity contribution in [3.05, 3.63) is 30.1 Å². The van der Waals surface area contributed by atoms with Gasteiger partial charge in [0.05, 0.1) is 12.1 Å². The SMILES string of the molecule is C[C@@H](COc1ccccc1F)NC(=O)[C@@H](C#N)C(C)(C)C. The Labute approximate surface area is 124 Å². The highest BCUT2D eigenvalue weighted by Gasteiger charge is 2.31. The average Bonchev–Trinajstić information content (AvgIpc) is 2.36. The van der Waals surface area contributed by atoms with Crippen LogP contribution in [0.2, 0.25) is 0 Å². The molecule has 0 aliphatic rings. The second-order valence-electron chi connectivity index (χ2n) is 6.08. The fourth-order valence-electron chi connectivity index (χ4n) is 1.79. The molecule has 21 heavy (non-hydrogen) atoms. The zero-order valence-corrected chi connectivity index (χ0v) is 12.8. The summed E-state index contributed by atoms with van der Waals surface area (Å²) in [5.41, 5.74) is -0.440. The number of carbonyl (C=O) groups is 1. The highest BCUT2D eigenvalue weighted by molar-refractivity contribution is 5.82. The fraction of sp³-hybridized carbons (Fsp3) is 0.500. The van der Waals surface area contributed by atoms with Gasteiger partial charge in [0.1, 0.15) is 12.5 Å². The van der Waals surface area contributed by atoms with Gasteiger partial charge < -0.3 is 10.1 Å². The number of amides is 1. The number of nitriles is 1. The Kier molecular flexibility index (Phi) is 5.71. The average molecular weight is 292 g/mol. The number of rotatable bonds is 5. The van der Waals surface area contributed by atoms with Gasteiger partial charge in [0.15, 0.2) is 11.6 Å². The maximum absolute atomic E-state index is 13.4. The van der Waals surface area contributed by atoms with Crippen LogP contribution in [0.4, 0.5) is 4.39 Å². The van der Waals surface area contributed by atoms with Crippen molar-refractivity contribution in [1.29, 1.82) is 5.26 Å². The van der Waals surface area contributed by atoms with Gasteiger partial charge in [-0.05, 0) is 24.5 Å². The van der Waals surface area contributed by atoms with Gasteiger partial charge in [-0.25, -0.2) is 4.39 Å². The minimum Gasteiger partial charge on any atom is -0.488 e. The van der Waals surface area contributed by atoms with Crippen molar-refractivity contribution in [2.75, 3.05) is 6.61 Å². The first kappa shape index (κ1) is 17.0. The van der Waals surface area contributed by atoms with Gasteiger partial charge in [0, 0.05) is 0 Å². The van der Waals surface area contributed by atoms with Gasteiger partial charge in [-0.1, -0.05) is 32.9 Å². The second-order valence-corrected chi connectivity index (χ2v) is 6.08. The van der Waals surface area contributed by atoms with Crippen molar-refractivity contribution in [1.82, 2.24) is 5.32 Å². The molecule has 1 N–H and O–H groups in total. The summed E-state index contributed by atoms with van der Waals surface area (Å²) in [6.07, 6.45) is 0. The number of nitrogens with zero attached hydrogens (tertiary/aromatic N) is 1. The fourth-order valence-corrected chi connectivity index (χ4v) is 1.79. The van der Waals surface area contributed by atoms with Crippen molar-refractivity contribution in [3.8, 4) is 11.8 Å². The van der Waals surface area contributed by atoms with Crippen molar-refractivity contribution in [2.45, 2.75) is 33.7 Å². The van der Waals surface area contributed by atoms with E-state index in [9.17, 15) is 9.18 Å². The molecule has 0 heterocycles. The number of halogens is 1. The Morgan fingerprint density at radius 2 is 2.05 bits per heavy atom. The van der Waals surface area contributed by atoms with Crippen LogP contribution in [0.3, 0.4) is 0 Å². The molecule has 1 amide bonds. The van der Waals surface area contributed by atoms with Crippen molar-refractivity contribution in [3.63, 3.8) is 0 Å². The Balaban J connectivity index is 2.54. The molecule has 0 aliphatic heterocycles. The summed E-state index contributed by atoms with van der Waals surface area (Å²) in [6.45, 7) is 7.38. The zero-order valence-electron chi connectivity index (χ0n) is 12.8. The van der Waals surface area contributed by atoms with E-state index in [0.29, 0.717) is 0 Å². The van der Waals surface area contributed by atoms with Gasteiger partial charge in [0.25, 0.3) is 0 Å². The lowest BCUT2D eigenvalue weighted by Gasteiger charge is -2.25. The van der Waals surface area contributed by atoms with E-state index >= 15 is 0 Å². The quantitative estimate of drug-likeness (QED) is 0.907. The van der Waals surface area contributed by atoms with Gasteiger partial charge in [0.2, 0.25) is 5.91 Å². The molecule has 0 aromatic heterocycles. The molecule has 0 unspecified atom stereocenters. The van der Waals surface area contributed by atoms with E-state index in [1.165, 1.54) is 12.1 Å². The van der Waals surface area contributed by atoms with Crippen LogP contribution in [0.25, 0.3) is 0 Å². The van der Waals surface area contributed by atoms with Crippen molar-refractivity contribution < 1.29 is 13.9 Å². The molecule has 2 atom stereocenters. The normalized spacial score (nSPS) is 13.9. The molecule has 5 heteroatoms. The standard InChI is InChI=1S/C16H21FN2O2/c1-11(10-21-14-8-6-5-7-13(14)17)19-15(20)12(9-18)16(2,3)4/h5-8,11-12H,10H2,1-4H3,(H,19,20)/t11-,12+/m0/s1. The topological polar surface area (TPSA) is 62.1 Å². The second kappa shape index (κ2) is 7.07. The molecule has 1 aromatic carbocycles. The maximum atomic E-state index is 13.4. The highest BCUT2D eigenvalue weighted by atomic mass is 19.1. The summed E-state index contributed by atoms with van der Waals surface area (Å²) in [5, 5.41) is 11.8. The van der Waals surface area contributed by atoms with Crippen LogP contribution in [0.15, 0.2) is 24.3 Å². The van der Waals surface area contributed by atoms with E-state index in [2.05, 4.69) is 5.32 Å². The third-order valence-electron chi connectivity index (χ3n) is 2.97. The van der Waals surface area contributed by atoms with Crippen LogP contribution in [0.5, 0.6) is 5.75 Å². The van der Waals surface area contributed by atoms with Gasteiger partial charge in [-0.2, -0.15) is 5.26 Å². The van der Waals surface area contributed by atoms with Crippen LogP contribution >= 0.6 is 0 Å². The van der Waals surface area contributed by atoms with Gasteiger partial charge in [-0.15, -0.1) is 0 Å². The molecule has 0 bridgehead atoms. The van der Waals surface area contributed by atoms with Crippen LogP contribution in [0, 0.1) is 28.5 Å². The lowest BCUT2D eigenvalue weighted by Crippen LogP contribution is -2.43. The molecule has 0 aliphatic carbocycles. The van der Waals surface area contributed by atoms with E-state index in [4.69, 9.17) is 10.00 Å².